The van der Waals surface area contributed by atoms with Crippen LogP contribution in [0, 0.1) is 13.8 Å². The van der Waals surface area contributed by atoms with E-state index in [-0.39, 0.29) is 0 Å². The standard InChI is InChI=1S/C18H25NO/c1-4-9-19-17(13-18-6-5-10-20-18)12-16-11-14(2)7-8-15(16)3/h5-8,10-11,17,19H,4,9,12-13H2,1-3H3. The van der Waals surface area contributed by atoms with E-state index in [1.54, 1.807) is 6.26 Å². The maximum absolute atomic E-state index is 5.50. The topological polar surface area (TPSA) is 25.2 Å². The van der Waals surface area contributed by atoms with Crippen LogP contribution in [-0.4, -0.2) is 12.6 Å². The Morgan fingerprint density at radius 3 is 2.70 bits per heavy atom. The molecule has 0 fully saturated rings. The van der Waals surface area contributed by atoms with Gasteiger partial charge in [0.1, 0.15) is 5.76 Å². The lowest BCUT2D eigenvalue weighted by Crippen LogP contribution is -2.34. The van der Waals surface area contributed by atoms with Crippen molar-refractivity contribution in [3.8, 4) is 0 Å². The molecule has 1 aromatic heterocycles. The number of nitrogens with one attached hydrogen (secondary N) is 1. The van der Waals surface area contributed by atoms with Crippen molar-refractivity contribution >= 4 is 0 Å². The SMILES string of the molecule is CCCNC(Cc1ccco1)Cc1cc(C)ccc1C. The van der Waals surface area contributed by atoms with Gasteiger partial charge in [-0.3, -0.25) is 0 Å². The van der Waals surface area contributed by atoms with Crippen LogP contribution in [0.3, 0.4) is 0 Å². The molecule has 0 aliphatic heterocycles. The summed E-state index contributed by atoms with van der Waals surface area (Å²) in [5, 5.41) is 3.64. The fourth-order valence-electron chi connectivity index (χ4n) is 2.52. The first-order valence-corrected chi connectivity index (χ1v) is 7.51. The third-order valence-electron chi connectivity index (χ3n) is 3.68. The summed E-state index contributed by atoms with van der Waals surface area (Å²) in [6.45, 7) is 7.60. The van der Waals surface area contributed by atoms with Gasteiger partial charge in [0.2, 0.25) is 0 Å². The summed E-state index contributed by atoms with van der Waals surface area (Å²) in [7, 11) is 0. The summed E-state index contributed by atoms with van der Waals surface area (Å²) in [6, 6.07) is 11.2. The second kappa shape index (κ2) is 7.30. The largest absolute Gasteiger partial charge is 0.469 e. The molecule has 108 valence electrons. The normalized spacial score (nSPS) is 12.6. The van der Waals surface area contributed by atoms with Gasteiger partial charge in [-0.05, 0) is 56.5 Å². The zero-order chi connectivity index (χ0) is 14.4. The molecule has 1 heterocycles. The Labute approximate surface area is 122 Å². The van der Waals surface area contributed by atoms with Gasteiger partial charge in [-0.1, -0.05) is 30.7 Å². The number of hydrogen-bond donors (Lipinski definition) is 1. The monoisotopic (exact) mass is 271 g/mol. The predicted molar refractivity (Wildman–Crippen MR) is 84.1 cm³/mol. The van der Waals surface area contributed by atoms with Crippen molar-refractivity contribution in [1.29, 1.82) is 0 Å². The summed E-state index contributed by atoms with van der Waals surface area (Å²) >= 11 is 0. The molecule has 0 saturated carbocycles. The van der Waals surface area contributed by atoms with Crippen LogP contribution in [0.15, 0.2) is 41.0 Å². The highest BCUT2D eigenvalue weighted by Gasteiger charge is 2.13. The lowest BCUT2D eigenvalue weighted by molar-refractivity contribution is 0.438. The molecule has 0 aliphatic carbocycles. The lowest BCUT2D eigenvalue weighted by Gasteiger charge is -2.19. The van der Waals surface area contributed by atoms with Crippen molar-refractivity contribution in [2.75, 3.05) is 6.54 Å². The van der Waals surface area contributed by atoms with Gasteiger partial charge in [0.15, 0.2) is 0 Å². The third kappa shape index (κ3) is 4.24. The van der Waals surface area contributed by atoms with E-state index in [0.29, 0.717) is 6.04 Å². The van der Waals surface area contributed by atoms with Gasteiger partial charge >= 0.3 is 0 Å². The summed E-state index contributed by atoms with van der Waals surface area (Å²) < 4.78 is 5.50. The van der Waals surface area contributed by atoms with Crippen LogP contribution in [0.1, 0.15) is 35.8 Å². The highest BCUT2D eigenvalue weighted by Crippen LogP contribution is 2.15. The molecule has 1 unspecified atom stereocenters. The number of rotatable bonds is 7. The fourth-order valence-corrected chi connectivity index (χ4v) is 2.52. The Kier molecular flexibility index (Phi) is 5.42. The van der Waals surface area contributed by atoms with Crippen molar-refractivity contribution in [2.24, 2.45) is 0 Å². The maximum atomic E-state index is 5.50. The molecule has 1 N–H and O–H groups in total. The Hall–Kier alpha value is -1.54. The highest BCUT2D eigenvalue weighted by atomic mass is 16.3. The Bertz CT molecular complexity index is 516. The van der Waals surface area contributed by atoms with Gasteiger partial charge in [0, 0.05) is 12.5 Å². The van der Waals surface area contributed by atoms with E-state index in [0.717, 1.165) is 31.6 Å². The Morgan fingerprint density at radius 1 is 1.15 bits per heavy atom. The molecule has 2 rings (SSSR count). The summed E-state index contributed by atoms with van der Waals surface area (Å²) in [5.74, 6) is 1.06. The van der Waals surface area contributed by atoms with E-state index >= 15 is 0 Å². The first kappa shape index (κ1) is 14.9. The number of benzene rings is 1. The third-order valence-corrected chi connectivity index (χ3v) is 3.68. The molecular weight excluding hydrogens is 246 g/mol. The van der Waals surface area contributed by atoms with Gasteiger partial charge in [0.25, 0.3) is 0 Å². The second-order valence-electron chi connectivity index (χ2n) is 5.57. The van der Waals surface area contributed by atoms with Crippen molar-refractivity contribution in [1.82, 2.24) is 5.32 Å². The zero-order valence-electron chi connectivity index (χ0n) is 12.8. The van der Waals surface area contributed by atoms with E-state index in [9.17, 15) is 0 Å². The van der Waals surface area contributed by atoms with Gasteiger partial charge in [-0.15, -0.1) is 0 Å². The predicted octanol–water partition coefficient (Wildman–Crippen LogP) is 4.05. The van der Waals surface area contributed by atoms with Gasteiger partial charge < -0.3 is 9.73 Å². The zero-order valence-corrected chi connectivity index (χ0v) is 12.8. The minimum absolute atomic E-state index is 0.432. The van der Waals surface area contributed by atoms with Crippen molar-refractivity contribution in [3.63, 3.8) is 0 Å². The Morgan fingerprint density at radius 2 is 2.00 bits per heavy atom. The van der Waals surface area contributed by atoms with Crippen molar-refractivity contribution in [2.45, 2.75) is 46.1 Å². The van der Waals surface area contributed by atoms with Gasteiger partial charge in [0.05, 0.1) is 6.26 Å². The van der Waals surface area contributed by atoms with Crippen molar-refractivity contribution < 1.29 is 4.42 Å². The molecular formula is C18H25NO. The summed E-state index contributed by atoms with van der Waals surface area (Å²) in [4.78, 5) is 0. The lowest BCUT2D eigenvalue weighted by atomic mass is 9.96. The minimum atomic E-state index is 0.432. The quantitative estimate of drug-likeness (QED) is 0.822. The summed E-state index contributed by atoms with van der Waals surface area (Å²) in [5.41, 5.74) is 4.14. The van der Waals surface area contributed by atoms with E-state index in [1.807, 2.05) is 6.07 Å². The van der Waals surface area contributed by atoms with E-state index in [2.05, 4.69) is 50.4 Å². The molecule has 0 amide bonds. The van der Waals surface area contributed by atoms with Crippen LogP contribution in [-0.2, 0) is 12.8 Å². The van der Waals surface area contributed by atoms with E-state index in [1.165, 1.54) is 16.7 Å². The number of furan rings is 1. The second-order valence-corrected chi connectivity index (χ2v) is 5.57. The number of aryl methyl sites for hydroxylation is 2. The van der Waals surface area contributed by atoms with Crippen LogP contribution < -0.4 is 5.32 Å². The molecule has 0 aliphatic rings. The van der Waals surface area contributed by atoms with Gasteiger partial charge in [-0.2, -0.15) is 0 Å². The van der Waals surface area contributed by atoms with Crippen LogP contribution in [0.25, 0.3) is 0 Å². The number of hydrogen-bond acceptors (Lipinski definition) is 2. The molecule has 2 heteroatoms. The molecule has 20 heavy (non-hydrogen) atoms. The minimum Gasteiger partial charge on any atom is -0.469 e. The van der Waals surface area contributed by atoms with Crippen LogP contribution >= 0.6 is 0 Å². The van der Waals surface area contributed by atoms with Gasteiger partial charge in [-0.25, -0.2) is 0 Å². The van der Waals surface area contributed by atoms with Crippen LogP contribution in [0.4, 0.5) is 0 Å². The molecule has 0 radical (unpaired) electrons. The molecule has 2 aromatic rings. The van der Waals surface area contributed by atoms with Crippen LogP contribution in [0.2, 0.25) is 0 Å². The highest BCUT2D eigenvalue weighted by molar-refractivity contribution is 5.31. The molecule has 1 aromatic carbocycles. The molecule has 0 bridgehead atoms. The molecule has 2 nitrogen and oxygen atoms in total. The van der Waals surface area contributed by atoms with E-state index < -0.39 is 0 Å². The molecule has 0 saturated heterocycles. The average Bonchev–Trinajstić information content (AvgIpc) is 2.93. The fraction of sp³-hybridized carbons (Fsp3) is 0.444. The summed E-state index contributed by atoms with van der Waals surface area (Å²) in [6.07, 6.45) is 4.90. The smallest absolute Gasteiger partial charge is 0.105 e. The molecule has 0 spiro atoms. The van der Waals surface area contributed by atoms with Crippen LogP contribution in [0.5, 0.6) is 0 Å². The first-order valence-electron chi connectivity index (χ1n) is 7.51. The Balaban J connectivity index is 2.08. The first-order chi connectivity index (χ1) is 9.69. The van der Waals surface area contributed by atoms with Crippen molar-refractivity contribution in [3.05, 3.63) is 59.0 Å². The molecule has 1 atom stereocenters. The van der Waals surface area contributed by atoms with E-state index in [4.69, 9.17) is 4.42 Å². The maximum Gasteiger partial charge on any atom is 0.105 e. The average molecular weight is 271 g/mol.